The molecule has 0 saturated heterocycles. The Morgan fingerprint density at radius 3 is 2.67 bits per heavy atom. The molecular formula is C10H18N2O2S. The van der Waals surface area contributed by atoms with E-state index in [9.17, 15) is 0 Å². The van der Waals surface area contributed by atoms with Crippen LogP contribution in [0.25, 0.3) is 0 Å². The number of hydrogen-bond acceptors (Lipinski definition) is 5. The lowest BCUT2D eigenvalue weighted by Gasteiger charge is -2.18. The van der Waals surface area contributed by atoms with Gasteiger partial charge in [0.05, 0.1) is 6.04 Å². The van der Waals surface area contributed by atoms with Crippen molar-refractivity contribution in [2.24, 2.45) is 0 Å². The summed E-state index contributed by atoms with van der Waals surface area (Å²) in [5.74, 6) is 0. The van der Waals surface area contributed by atoms with Crippen molar-refractivity contribution >= 4 is 11.3 Å². The molecule has 0 aliphatic rings. The summed E-state index contributed by atoms with van der Waals surface area (Å²) in [7, 11) is 3.28. The van der Waals surface area contributed by atoms with Gasteiger partial charge < -0.3 is 14.8 Å². The summed E-state index contributed by atoms with van der Waals surface area (Å²) in [5, 5.41) is 6.48. The maximum absolute atomic E-state index is 5.11. The summed E-state index contributed by atoms with van der Waals surface area (Å²) in [6, 6.07) is 0.290. The van der Waals surface area contributed by atoms with Gasteiger partial charge in [0, 0.05) is 32.3 Å². The summed E-state index contributed by atoms with van der Waals surface area (Å²) < 4.78 is 10.2. The standard InChI is InChI=1S/C10H18N2O2S/c1-4-8(10-11-5-6-15-10)12-7-9(13-2)14-3/h5-6,8-9,12H,4,7H2,1-3H3. The van der Waals surface area contributed by atoms with E-state index in [-0.39, 0.29) is 12.3 Å². The van der Waals surface area contributed by atoms with E-state index in [0.29, 0.717) is 6.54 Å². The monoisotopic (exact) mass is 230 g/mol. The zero-order valence-corrected chi connectivity index (χ0v) is 10.2. The van der Waals surface area contributed by atoms with Crippen molar-refractivity contribution in [3.8, 4) is 0 Å². The molecule has 0 amide bonds. The molecule has 0 aromatic carbocycles. The third-order valence-electron chi connectivity index (χ3n) is 2.21. The average Bonchev–Trinajstić information content (AvgIpc) is 2.78. The molecule has 1 aromatic heterocycles. The topological polar surface area (TPSA) is 43.4 Å². The molecule has 0 bridgehead atoms. The molecule has 0 saturated carbocycles. The van der Waals surface area contributed by atoms with Gasteiger partial charge in [-0.2, -0.15) is 0 Å². The average molecular weight is 230 g/mol. The van der Waals surface area contributed by atoms with Crippen LogP contribution in [0.4, 0.5) is 0 Å². The third kappa shape index (κ3) is 3.87. The predicted octanol–water partition coefficient (Wildman–Crippen LogP) is 1.80. The van der Waals surface area contributed by atoms with Gasteiger partial charge in [-0.1, -0.05) is 6.92 Å². The molecular weight excluding hydrogens is 212 g/mol. The van der Waals surface area contributed by atoms with Crippen LogP contribution in [-0.2, 0) is 9.47 Å². The number of aromatic nitrogens is 1. The van der Waals surface area contributed by atoms with E-state index in [1.165, 1.54) is 0 Å². The zero-order chi connectivity index (χ0) is 11.1. The van der Waals surface area contributed by atoms with Crippen molar-refractivity contribution in [1.82, 2.24) is 10.3 Å². The minimum absolute atomic E-state index is 0.195. The molecule has 5 heteroatoms. The first kappa shape index (κ1) is 12.6. The van der Waals surface area contributed by atoms with Crippen LogP contribution in [0.3, 0.4) is 0 Å². The zero-order valence-electron chi connectivity index (χ0n) is 9.40. The van der Waals surface area contributed by atoms with Crippen molar-refractivity contribution in [3.05, 3.63) is 16.6 Å². The molecule has 1 atom stereocenters. The van der Waals surface area contributed by atoms with Gasteiger partial charge in [0.15, 0.2) is 6.29 Å². The summed E-state index contributed by atoms with van der Waals surface area (Å²) in [6.07, 6.45) is 2.64. The molecule has 1 N–H and O–H groups in total. The SMILES string of the molecule is CCC(NCC(OC)OC)c1nccs1. The molecule has 1 aromatic rings. The lowest BCUT2D eigenvalue weighted by molar-refractivity contribution is -0.0999. The van der Waals surface area contributed by atoms with Crippen LogP contribution in [0.15, 0.2) is 11.6 Å². The first-order valence-electron chi connectivity index (χ1n) is 5.00. The van der Waals surface area contributed by atoms with E-state index >= 15 is 0 Å². The van der Waals surface area contributed by atoms with Gasteiger partial charge in [-0.3, -0.25) is 0 Å². The summed E-state index contributed by atoms with van der Waals surface area (Å²) in [5.41, 5.74) is 0. The Bertz CT molecular complexity index is 250. The highest BCUT2D eigenvalue weighted by Crippen LogP contribution is 2.18. The Balaban J connectivity index is 2.41. The van der Waals surface area contributed by atoms with Crippen LogP contribution in [-0.4, -0.2) is 32.0 Å². The quantitative estimate of drug-likeness (QED) is 0.725. The van der Waals surface area contributed by atoms with Crippen LogP contribution < -0.4 is 5.32 Å². The van der Waals surface area contributed by atoms with Crippen molar-refractivity contribution in [1.29, 1.82) is 0 Å². The molecule has 4 nitrogen and oxygen atoms in total. The molecule has 86 valence electrons. The van der Waals surface area contributed by atoms with Crippen LogP contribution >= 0.6 is 11.3 Å². The van der Waals surface area contributed by atoms with E-state index in [1.807, 2.05) is 11.6 Å². The Kier molecular flexibility index (Phi) is 5.78. The fraction of sp³-hybridized carbons (Fsp3) is 0.700. The van der Waals surface area contributed by atoms with Gasteiger partial charge in [-0.25, -0.2) is 4.98 Å². The van der Waals surface area contributed by atoms with E-state index < -0.39 is 0 Å². The third-order valence-corrected chi connectivity index (χ3v) is 3.10. The van der Waals surface area contributed by atoms with E-state index in [4.69, 9.17) is 9.47 Å². The lowest BCUT2D eigenvalue weighted by Crippen LogP contribution is -2.32. The normalized spacial score (nSPS) is 13.3. The van der Waals surface area contributed by atoms with Gasteiger partial charge in [-0.15, -0.1) is 11.3 Å². The van der Waals surface area contributed by atoms with Crippen molar-refractivity contribution in [2.75, 3.05) is 20.8 Å². The molecule has 0 spiro atoms. The van der Waals surface area contributed by atoms with Crippen molar-refractivity contribution in [3.63, 3.8) is 0 Å². The number of thiazole rings is 1. The minimum Gasteiger partial charge on any atom is -0.355 e. The summed E-state index contributed by atoms with van der Waals surface area (Å²) >= 11 is 1.67. The largest absolute Gasteiger partial charge is 0.355 e. The Hall–Kier alpha value is -0.490. The fourth-order valence-electron chi connectivity index (χ4n) is 1.31. The smallest absolute Gasteiger partial charge is 0.169 e. The number of nitrogens with one attached hydrogen (secondary N) is 1. The maximum atomic E-state index is 5.11. The molecule has 1 heterocycles. The number of ether oxygens (including phenoxy) is 2. The van der Waals surface area contributed by atoms with Crippen molar-refractivity contribution in [2.45, 2.75) is 25.7 Å². The molecule has 0 fully saturated rings. The molecule has 1 rings (SSSR count). The number of rotatable bonds is 7. The maximum Gasteiger partial charge on any atom is 0.169 e. The molecule has 1 unspecified atom stereocenters. The van der Waals surface area contributed by atoms with Gasteiger partial charge in [-0.05, 0) is 6.42 Å². The molecule has 15 heavy (non-hydrogen) atoms. The van der Waals surface area contributed by atoms with E-state index in [1.54, 1.807) is 25.6 Å². The Labute approximate surface area is 94.6 Å². The first-order chi connectivity index (χ1) is 7.31. The first-order valence-corrected chi connectivity index (χ1v) is 5.88. The highest BCUT2D eigenvalue weighted by molar-refractivity contribution is 7.09. The highest BCUT2D eigenvalue weighted by Gasteiger charge is 2.13. The predicted molar refractivity (Wildman–Crippen MR) is 61.0 cm³/mol. The van der Waals surface area contributed by atoms with Gasteiger partial charge in [0.1, 0.15) is 5.01 Å². The van der Waals surface area contributed by atoms with Gasteiger partial charge in [0.2, 0.25) is 0 Å². The van der Waals surface area contributed by atoms with Crippen LogP contribution in [0.5, 0.6) is 0 Å². The Morgan fingerprint density at radius 2 is 2.20 bits per heavy atom. The lowest BCUT2D eigenvalue weighted by atomic mass is 10.2. The molecule has 0 aliphatic carbocycles. The number of hydrogen-bond donors (Lipinski definition) is 1. The minimum atomic E-state index is -0.195. The highest BCUT2D eigenvalue weighted by atomic mass is 32.1. The van der Waals surface area contributed by atoms with Crippen LogP contribution in [0.1, 0.15) is 24.4 Å². The fourth-order valence-corrected chi connectivity index (χ4v) is 2.11. The number of methoxy groups -OCH3 is 2. The second kappa shape index (κ2) is 6.90. The van der Waals surface area contributed by atoms with Crippen molar-refractivity contribution < 1.29 is 9.47 Å². The van der Waals surface area contributed by atoms with Crippen LogP contribution in [0, 0.1) is 0 Å². The van der Waals surface area contributed by atoms with Crippen LogP contribution in [0.2, 0.25) is 0 Å². The van der Waals surface area contributed by atoms with E-state index in [0.717, 1.165) is 11.4 Å². The summed E-state index contributed by atoms with van der Waals surface area (Å²) in [6.45, 7) is 2.80. The second-order valence-corrected chi connectivity index (χ2v) is 4.07. The van der Waals surface area contributed by atoms with Gasteiger partial charge in [0.25, 0.3) is 0 Å². The summed E-state index contributed by atoms with van der Waals surface area (Å²) in [4.78, 5) is 4.29. The number of nitrogens with zero attached hydrogens (tertiary/aromatic N) is 1. The van der Waals surface area contributed by atoms with E-state index in [2.05, 4.69) is 17.2 Å². The van der Waals surface area contributed by atoms with Gasteiger partial charge >= 0.3 is 0 Å². The second-order valence-electron chi connectivity index (χ2n) is 3.14. The molecule has 0 radical (unpaired) electrons. The molecule has 0 aliphatic heterocycles. The Morgan fingerprint density at radius 1 is 1.47 bits per heavy atom.